The highest BCUT2D eigenvalue weighted by molar-refractivity contribution is 9.10. The fourth-order valence-electron chi connectivity index (χ4n) is 1.68. The van der Waals surface area contributed by atoms with Crippen molar-refractivity contribution < 1.29 is 5.11 Å². The van der Waals surface area contributed by atoms with Crippen LogP contribution in [0.25, 0.3) is 0 Å². The molecule has 0 aromatic heterocycles. The van der Waals surface area contributed by atoms with Crippen molar-refractivity contribution in [1.82, 2.24) is 10.6 Å². The van der Waals surface area contributed by atoms with Gasteiger partial charge in [0.1, 0.15) is 0 Å². The van der Waals surface area contributed by atoms with Crippen molar-refractivity contribution in [2.75, 3.05) is 19.6 Å². The summed E-state index contributed by atoms with van der Waals surface area (Å²) in [5.74, 6) is 0.783. The topological polar surface area (TPSA) is 56.6 Å². The molecule has 3 N–H and O–H groups in total. The van der Waals surface area contributed by atoms with Crippen LogP contribution in [0.4, 0.5) is 0 Å². The maximum atomic E-state index is 10.0. The van der Waals surface area contributed by atoms with Gasteiger partial charge in [-0.15, -0.1) is 0 Å². The summed E-state index contributed by atoms with van der Waals surface area (Å²) in [6.45, 7) is 2.25. The first-order chi connectivity index (χ1) is 8.25. The van der Waals surface area contributed by atoms with E-state index in [0.717, 1.165) is 35.5 Å². The molecule has 0 fully saturated rings. The van der Waals surface area contributed by atoms with Crippen molar-refractivity contribution in [1.29, 1.82) is 0 Å². The summed E-state index contributed by atoms with van der Waals surface area (Å²) in [6.07, 6.45) is 0.540. The zero-order valence-corrected chi connectivity index (χ0v) is 11.1. The Morgan fingerprint density at radius 1 is 1.53 bits per heavy atom. The Labute approximate surface area is 109 Å². The second-order valence-corrected chi connectivity index (χ2v) is 4.88. The molecular formula is C12H16BrN3O. The molecule has 1 aliphatic rings. The van der Waals surface area contributed by atoms with Crippen LogP contribution >= 0.6 is 15.9 Å². The van der Waals surface area contributed by atoms with Crippen molar-refractivity contribution in [3.63, 3.8) is 0 Å². The minimum Gasteiger partial charge on any atom is -0.387 e. The summed E-state index contributed by atoms with van der Waals surface area (Å²) in [4.78, 5) is 4.29. The molecule has 0 radical (unpaired) electrons. The predicted molar refractivity (Wildman–Crippen MR) is 72.0 cm³/mol. The Morgan fingerprint density at radius 2 is 2.41 bits per heavy atom. The van der Waals surface area contributed by atoms with Crippen LogP contribution < -0.4 is 10.6 Å². The Balaban J connectivity index is 1.88. The van der Waals surface area contributed by atoms with E-state index in [1.807, 2.05) is 24.3 Å². The minimum atomic E-state index is -0.529. The zero-order valence-electron chi connectivity index (χ0n) is 9.49. The maximum absolute atomic E-state index is 10.0. The molecule has 1 heterocycles. The summed E-state index contributed by atoms with van der Waals surface area (Å²) in [5, 5.41) is 16.3. The van der Waals surface area contributed by atoms with Crippen LogP contribution in [0.5, 0.6) is 0 Å². The predicted octanol–water partition coefficient (Wildman–Crippen LogP) is 1.42. The molecule has 2 rings (SSSR count). The molecule has 17 heavy (non-hydrogen) atoms. The summed E-state index contributed by atoms with van der Waals surface area (Å²) < 4.78 is 0.974. The van der Waals surface area contributed by atoms with Crippen molar-refractivity contribution in [3.05, 3.63) is 34.3 Å². The molecule has 0 saturated carbocycles. The van der Waals surface area contributed by atoms with E-state index in [1.165, 1.54) is 0 Å². The molecule has 0 unspecified atom stereocenters. The third-order valence-electron chi connectivity index (χ3n) is 2.59. The number of guanidine groups is 1. The van der Waals surface area contributed by atoms with Crippen LogP contribution in [0.15, 0.2) is 33.7 Å². The maximum Gasteiger partial charge on any atom is 0.191 e. The van der Waals surface area contributed by atoms with Crippen molar-refractivity contribution >= 4 is 21.9 Å². The molecule has 92 valence electrons. The lowest BCUT2D eigenvalue weighted by molar-refractivity contribution is 0.180. The SMILES string of the molecule is O[C@H](CNC1=NCCCN1)c1cccc(Br)c1. The van der Waals surface area contributed by atoms with Gasteiger partial charge in [0.15, 0.2) is 5.96 Å². The quantitative estimate of drug-likeness (QED) is 0.791. The van der Waals surface area contributed by atoms with Gasteiger partial charge in [0.05, 0.1) is 6.10 Å². The van der Waals surface area contributed by atoms with Gasteiger partial charge >= 0.3 is 0 Å². The molecule has 1 aliphatic heterocycles. The first-order valence-corrected chi connectivity index (χ1v) is 6.51. The number of hydrogen-bond donors (Lipinski definition) is 3. The Kier molecular flexibility index (Phi) is 4.39. The number of nitrogens with zero attached hydrogens (tertiary/aromatic N) is 1. The summed E-state index contributed by atoms with van der Waals surface area (Å²) in [5.41, 5.74) is 0.892. The highest BCUT2D eigenvalue weighted by Crippen LogP contribution is 2.17. The number of rotatable bonds is 3. The Bertz CT molecular complexity index is 408. The lowest BCUT2D eigenvalue weighted by Gasteiger charge is -2.18. The second kappa shape index (κ2) is 6.02. The molecule has 0 aliphatic carbocycles. The monoisotopic (exact) mass is 297 g/mol. The highest BCUT2D eigenvalue weighted by Gasteiger charge is 2.09. The largest absolute Gasteiger partial charge is 0.387 e. The van der Waals surface area contributed by atoms with E-state index < -0.39 is 6.10 Å². The van der Waals surface area contributed by atoms with Gasteiger partial charge in [0, 0.05) is 24.1 Å². The Hall–Kier alpha value is -1.07. The highest BCUT2D eigenvalue weighted by atomic mass is 79.9. The average molecular weight is 298 g/mol. The van der Waals surface area contributed by atoms with E-state index in [-0.39, 0.29) is 0 Å². The molecule has 0 bridgehead atoms. The molecule has 0 amide bonds. The third-order valence-corrected chi connectivity index (χ3v) is 3.09. The molecule has 4 nitrogen and oxygen atoms in total. The van der Waals surface area contributed by atoms with Crippen LogP contribution in [-0.2, 0) is 0 Å². The van der Waals surface area contributed by atoms with Crippen molar-refractivity contribution in [3.8, 4) is 0 Å². The van der Waals surface area contributed by atoms with E-state index in [9.17, 15) is 5.11 Å². The molecule has 1 atom stereocenters. The van der Waals surface area contributed by atoms with Gasteiger partial charge in [-0.05, 0) is 24.1 Å². The smallest absolute Gasteiger partial charge is 0.191 e. The number of aliphatic imine (C=N–C) groups is 1. The van der Waals surface area contributed by atoms with E-state index >= 15 is 0 Å². The molecule has 5 heteroatoms. The van der Waals surface area contributed by atoms with Gasteiger partial charge < -0.3 is 15.7 Å². The first-order valence-electron chi connectivity index (χ1n) is 5.71. The molecule has 1 aromatic carbocycles. The number of hydrogen-bond acceptors (Lipinski definition) is 4. The molecule has 1 aromatic rings. The van der Waals surface area contributed by atoms with E-state index in [2.05, 4.69) is 31.6 Å². The average Bonchev–Trinajstić information content (AvgIpc) is 2.37. The van der Waals surface area contributed by atoms with Crippen LogP contribution in [-0.4, -0.2) is 30.7 Å². The number of benzene rings is 1. The minimum absolute atomic E-state index is 0.461. The van der Waals surface area contributed by atoms with Gasteiger partial charge in [-0.2, -0.15) is 0 Å². The summed E-state index contributed by atoms with van der Waals surface area (Å²) >= 11 is 3.39. The van der Waals surface area contributed by atoms with Crippen LogP contribution in [0.1, 0.15) is 18.1 Å². The molecule has 0 spiro atoms. The van der Waals surface area contributed by atoms with E-state index in [1.54, 1.807) is 0 Å². The van der Waals surface area contributed by atoms with E-state index in [0.29, 0.717) is 6.54 Å². The zero-order chi connectivity index (χ0) is 12.1. The van der Waals surface area contributed by atoms with E-state index in [4.69, 9.17) is 0 Å². The number of aliphatic hydroxyl groups excluding tert-OH is 1. The number of aliphatic hydroxyl groups is 1. The second-order valence-electron chi connectivity index (χ2n) is 3.96. The Morgan fingerprint density at radius 3 is 3.12 bits per heavy atom. The summed E-state index contributed by atoms with van der Waals surface area (Å²) in [6, 6.07) is 7.69. The van der Waals surface area contributed by atoms with Gasteiger partial charge in [-0.1, -0.05) is 28.1 Å². The number of nitrogens with one attached hydrogen (secondary N) is 2. The van der Waals surface area contributed by atoms with Crippen molar-refractivity contribution in [2.45, 2.75) is 12.5 Å². The van der Waals surface area contributed by atoms with Crippen molar-refractivity contribution in [2.24, 2.45) is 4.99 Å². The lowest BCUT2D eigenvalue weighted by Crippen LogP contribution is -2.42. The first kappa shape index (κ1) is 12.4. The van der Waals surface area contributed by atoms with Gasteiger partial charge in [-0.25, -0.2) is 0 Å². The van der Waals surface area contributed by atoms with Crippen LogP contribution in [0, 0.1) is 0 Å². The summed E-state index contributed by atoms with van der Waals surface area (Å²) in [7, 11) is 0. The standard InChI is InChI=1S/C12H16BrN3O/c13-10-4-1-3-9(7-10)11(17)8-16-12-14-5-2-6-15-12/h1,3-4,7,11,17H,2,5-6,8H2,(H2,14,15,16)/t11-/m1/s1. The fraction of sp³-hybridized carbons (Fsp3) is 0.417. The number of halogens is 1. The fourth-order valence-corrected chi connectivity index (χ4v) is 2.09. The lowest BCUT2D eigenvalue weighted by atomic mass is 10.1. The van der Waals surface area contributed by atoms with Crippen LogP contribution in [0.3, 0.4) is 0 Å². The van der Waals surface area contributed by atoms with Crippen LogP contribution in [0.2, 0.25) is 0 Å². The van der Waals surface area contributed by atoms with Gasteiger partial charge in [-0.3, -0.25) is 4.99 Å². The molecule has 0 saturated heterocycles. The molecular weight excluding hydrogens is 282 g/mol. The van der Waals surface area contributed by atoms with Gasteiger partial charge in [0.25, 0.3) is 0 Å². The normalized spacial score (nSPS) is 16.9. The third kappa shape index (κ3) is 3.71. The van der Waals surface area contributed by atoms with Gasteiger partial charge in [0.2, 0.25) is 0 Å².